The molecule has 1 fully saturated rings. The van der Waals surface area contributed by atoms with Crippen LogP contribution in [0.4, 0.5) is 0 Å². The first-order chi connectivity index (χ1) is 12.0. The van der Waals surface area contributed by atoms with Crippen LogP contribution in [0.25, 0.3) is 10.2 Å². The lowest BCUT2D eigenvalue weighted by molar-refractivity contribution is -0.128. The van der Waals surface area contributed by atoms with Crippen molar-refractivity contribution in [2.75, 3.05) is 18.8 Å². The van der Waals surface area contributed by atoms with E-state index in [-0.39, 0.29) is 11.8 Å². The lowest BCUT2D eigenvalue weighted by Crippen LogP contribution is -2.33. The number of thiophene rings is 1. The SMILES string of the molecule is Cc1sc2nc(C(C)C)nc(SCC(=O)N3CCCCCC3)c2c1C. The molecule has 0 unspecified atom stereocenters. The molecule has 6 heteroatoms. The van der Waals surface area contributed by atoms with Crippen LogP contribution < -0.4 is 0 Å². The Hall–Kier alpha value is -1.14. The smallest absolute Gasteiger partial charge is 0.232 e. The molecule has 0 N–H and O–H groups in total. The van der Waals surface area contributed by atoms with Crippen molar-refractivity contribution in [2.24, 2.45) is 0 Å². The van der Waals surface area contributed by atoms with Gasteiger partial charge in [-0.1, -0.05) is 38.5 Å². The number of nitrogens with zero attached hydrogens (tertiary/aromatic N) is 3. The summed E-state index contributed by atoms with van der Waals surface area (Å²) in [5.41, 5.74) is 1.25. The summed E-state index contributed by atoms with van der Waals surface area (Å²) in [6.07, 6.45) is 4.76. The highest BCUT2D eigenvalue weighted by molar-refractivity contribution is 8.00. The second-order valence-electron chi connectivity index (χ2n) is 7.09. The Kier molecular flexibility index (Phi) is 6.00. The maximum absolute atomic E-state index is 12.6. The van der Waals surface area contributed by atoms with Crippen LogP contribution in [0.1, 0.15) is 61.7 Å². The Morgan fingerprint density at radius 2 is 1.84 bits per heavy atom. The molecule has 0 bridgehead atoms. The van der Waals surface area contributed by atoms with Crippen LogP contribution in [0.3, 0.4) is 0 Å². The largest absolute Gasteiger partial charge is 0.342 e. The number of aromatic nitrogens is 2. The zero-order valence-electron chi connectivity index (χ0n) is 15.6. The molecular formula is C19H27N3OS2. The van der Waals surface area contributed by atoms with E-state index in [1.165, 1.54) is 23.3 Å². The highest BCUT2D eigenvalue weighted by Gasteiger charge is 2.20. The maximum atomic E-state index is 12.6. The number of fused-ring (bicyclic) bond motifs is 1. The van der Waals surface area contributed by atoms with Crippen LogP contribution in [-0.2, 0) is 4.79 Å². The first-order valence-electron chi connectivity index (χ1n) is 9.15. The second-order valence-corrected chi connectivity index (χ2v) is 9.26. The predicted octanol–water partition coefficient (Wildman–Crippen LogP) is 4.93. The molecule has 4 nitrogen and oxygen atoms in total. The predicted molar refractivity (Wildman–Crippen MR) is 107 cm³/mol. The van der Waals surface area contributed by atoms with Gasteiger partial charge in [-0.15, -0.1) is 11.3 Å². The Morgan fingerprint density at radius 3 is 2.48 bits per heavy atom. The Balaban J connectivity index is 1.83. The van der Waals surface area contributed by atoms with Gasteiger partial charge in [0, 0.05) is 29.3 Å². The van der Waals surface area contributed by atoms with E-state index in [9.17, 15) is 4.79 Å². The first-order valence-corrected chi connectivity index (χ1v) is 11.0. The van der Waals surface area contributed by atoms with E-state index in [1.54, 1.807) is 23.1 Å². The molecule has 3 heterocycles. The molecule has 1 saturated heterocycles. The zero-order valence-corrected chi connectivity index (χ0v) is 17.2. The standard InChI is InChI=1S/C19H27N3OS2/c1-12(2)17-20-18(16-13(3)14(4)25-19(16)21-17)24-11-15(23)22-9-7-5-6-8-10-22/h12H,5-11H2,1-4H3. The van der Waals surface area contributed by atoms with Gasteiger partial charge in [0.15, 0.2) is 0 Å². The molecule has 2 aromatic heterocycles. The molecule has 1 aliphatic heterocycles. The fraction of sp³-hybridized carbons (Fsp3) is 0.632. The number of likely N-dealkylation sites (tertiary alicyclic amines) is 1. The highest BCUT2D eigenvalue weighted by Crippen LogP contribution is 2.36. The Morgan fingerprint density at radius 1 is 1.16 bits per heavy atom. The van der Waals surface area contributed by atoms with E-state index in [1.807, 2.05) is 4.90 Å². The molecule has 0 aliphatic carbocycles. The summed E-state index contributed by atoms with van der Waals surface area (Å²) in [5.74, 6) is 1.87. The first kappa shape index (κ1) is 18.6. The van der Waals surface area contributed by atoms with Crippen LogP contribution in [0, 0.1) is 13.8 Å². The number of hydrogen-bond acceptors (Lipinski definition) is 5. The summed E-state index contributed by atoms with van der Waals surface area (Å²) in [4.78, 5) is 26.5. The van der Waals surface area contributed by atoms with E-state index < -0.39 is 0 Å². The molecule has 1 aliphatic rings. The monoisotopic (exact) mass is 377 g/mol. The Labute approximate surface area is 158 Å². The summed E-state index contributed by atoms with van der Waals surface area (Å²) < 4.78 is 0. The van der Waals surface area contributed by atoms with Gasteiger partial charge in [-0.2, -0.15) is 0 Å². The van der Waals surface area contributed by atoms with Gasteiger partial charge in [0.05, 0.1) is 5.75 Å². The Bertz CT molecular complexity index is 762. The average molecular weight is 378 g/mol. The summed E-state index contributed by atoms with van der Waals surface area (Å²) in [5, 5.41) is 2.11. The van der Waals surface area contributed by atoms with Crippen molar-refractivity contribution in [3.63, 3.8) is 0 Å². The molecule has 0 radical (unpaired) electrons. The summed E-state index contributed by atoms with van der Waals surface area (Å²) >= 11 is 3.31. The van der Waals surface area contributed by atoms with Crippen molar-refractivity contribution >= 4 is 39.2 Å². The number of carbonyl (C=O) groups excluding carboxylic acids is 1. The minimum Gasteiger partial charge on any atom is -0.342 e. The van der Waals surface area contributed by atoms with E-state index in [0.717, 1.165) is 47.0 Å². The summed E-state index contributed by atoms with van der Waals surface area (Å²) in [6.45, 7) is 10.3. The van der Waals surface area contributed by atoms with Gasteiger partial charge in [-0.3, -0.25) is 4.79 Å². The molecule has 25 heavy (non-hydrogen) atoms. The van der Waals surface area contributed by atoms with Crippen LogP contribution in [0.15, 0.2) is 5.03 Å². The van der Waals surface area contributed by atoms with Crippen molar-refractivity contribution in [1.29, 1.82) is 0 Å². The number of aryl methyl sites for hydroxylation is 2. The normalized spacial score (nSPS) is 15.8. The molecular weight excluding hydrogens is 350 g/mol. The van der Waals surface area contributed by atoms with Gasteiger partial charge >= 0.3 is 0 Å². The van der Waals surface area contributed by atoms with E-state index >= 15 is 0 Å². The van der Waals surface area contributed by atoms with Crippen LogP contribution in [0.2, 0.25) is 0 Å². The lowest BCUT2D eigenvalue weighted by Gasteiger charge is -2.20. The summed E-state index contributed by atoms with van der Waals surface area (Å²) in [7, 11) is 0. The van der Waals surface area contributed by atoms with Gasteiger partial charge in [0.2, 0.25) is 5.91 Å². The van der Waals surface area contributed by atoms with E-state index in [0.29, 0.717) is 5.75 Å². The van der Waals surface area contributed by atoms with Gasteiger partial charge in [0.25, 0.3) is 0 Å². The molecule has 0 aromatic carbocycles. The summed E-state index contributed by atoms with van der Waals surface area (Å²) in [6, 6.07) is 0. The lowest BCUT2D eigenvalue weighted by atomic mass is 10.2. The third kappa shape index (κ3) is 4.17. The van der Waals surface area contributed by atoms with E-state index in [2.05, 4.69) is 27.7 Å². The van der Waals surface area contributed by atoms with Gasteiger partial charge in [0.1, 0.15) is 15.7 Å². The van der Waals surface area contributed by atoms with Crippen LogP contribution >= 0.6 is 23.1 Å². The minimum atomic E-state index is 0.245. The van der Waals surface area contributed by atoms with Crippen LogP contribution in [0.5, 0.6) is 0 Å². The van der Waals surface area contributed by atoms with Gasteiger partial charge in [-0.25, -0.2) is 9.97 Å². The number of hydrogen-bond donors (Lipinski definition) is 0. The topological polar surface area (TPSA) is 46.1 Å². The molecule has 3 rings (SSSR count). The second kappa shape index (κ2) is 8.04. The minimum absolute atomic E-state index is 0.245. The van der Waals surface area contributed by atoms with E-state index in [4.69, 9.17) is 9.97 Å². The fourth-order valence-corrected chi connectivity index (χ4v) is 5.23. The molecule has 136 valence electrons. The highest BCUT2D eigenvalue weighted by atomic mass is 32.2. The number of rotatable bonds is 4. The van der Waals surface area contributed by atoms with Crippen molar-refractivity contribution < 1.29 is 4.79 Å². The van der Waals surface area contributed by atoms with Crippen molar-refractivity contribution in [3.8, 4) is 0 Å². The fourth-order valence-electron chi connectivity index (χ4n) is 3.13. The van der Waals surface area contributed by atoms with Crippen molar-refractivity contribution in [2.45, 2.75) is 64.3 Å². The molecule has 0 spiro atoms. The molecule has 0 saturated carbocycles. The third-order valence-electron chi connectivity index (χ3n) is 4.82. The number of thioether (sulfide) groups is 1. The number of carbonyl (C=O) groups is 1. The van der Waals surface area contributed by atoms with Gasteiger partial charge in [-0.05, 0) is 32.3 Å². The van der Waals surface area contributed by atoms with Crippen molar-refractivity contribution in [3.05, 3.63) is 16.3 Å². The van der Waals surface area contributed by atoms with Gasteiger partial charge < -0.3 is 4.90 Å². The maximum Gasteiger partial charge on any atom is 0.232 e. The number of amides is 1. The molecule has 2 aromatic rings. The molecule has 1 amide bonds. The quantitative estimate of drug-likeness (QED) is 0.560. The zero-order chi connectivity index (χ0) is 18.0. The third-order valence-corrected chi connectivity index (χ3v) is 6.88. The average Bonchev–Trinajstić information content (AvgIpc) is 2.78. The van der Waals surface area contributed by atoms with Crippen molar-refractivity contribution in [1.82, 2.24) is 14.9 Å². The van der Waals surface area contributed by atoms with Crippen LogP contribution in [-0.4, -0.2) is 39.6 Å². The molecule has 0 atom stereocenters.